The van der Waals surface area contributed by atoms with E-state index in [1.165, 1.54) is 0 Å². The van der Waals surface area contributed by atoms with Crippen LogP contribution in [0.4, 0.5) is 0 Å². The van der Waals surface area contributed by atoms with Crippen molar-refractivity contribution in [3.8, 4) is 0 Å². The summed E-state index contributed by atoms with van der Waals surface area (Å²) in [6.07, 6.45) is 0. The quantitative estimate of drug-likeness (QED) is 0.399. The Morgan fingerprint density at radius 1 is 1.32 bits per heavy atom. The monoisotopic (exact) mass is 485 g/mol. The van der Waals surface area contributed by atoms with Gasteiger partial charge in [0.1, 0.15) is 5.60 Å². The smallest absolute Gasteiger partial charge is 0.320 e. The minimum absolute atomic E-state index is 0.145. The molecule has 0 spiro atoms. The Morgan fingerprint density at radius 3 is 2.64 bits per heavy atom. The molecule has 2 aromatic carbocycles. The Kier molecular flexibility index (Phi) is 6.72. The minimum Gasteiger partial charge on any atom is -0.465 e. The molecule has 1 heterocycles. The molecule has 1 aliphatic rings. The van der Waals surface area contributed by atoms with Gasteiger partial charge in [-0.2, -0.15) is 0 Å². The highest BCUT2D eigenvalue weighted by Gasteiger charge is 2.51. The van der Waals surface area contributed by atoms with Gasteiger partial charge in [-0.05, 0) is 56.3 Å². The Hall–Kier alpha value is -1.11. The lowest BCUT2D eigenvalue weighted by atomic mass is 9.79. The fourth-order valence-electron chi connectivity index (χ4n) is 3.69. The number of halogens is 3. The molecule has 0 saturated carbocycles. The first-order valence-electron chi connectivity index (χ1n) is 9.03. The zero-order valence-electron chi connectivity index (χ0n) is 15.9. The number of hydrogen-bond donors (Lipinski definition) is 0. The van der Waals surface area contributed by atoms with E-state index >= 15 is 0 Å². The zero-order valence-corrected chi connectivity index (χ0v) is 19.0. The second kappa shape index (κ2) is 8.72. The fraction of sp³-hybridized carbons (Fsp3) is 0.381. The molecule has 3 unspecified atom stereocenters. The van der Waals surface area contributed by atoms with Gasteiger partial charge in [0.15, 0.2) is 5.56 Å². The highest BCUT2D eigenvalue weighted by molar-refractivity contribution is 9.10. The Labute approximate surface area is 183 Å². The van der Waals surface area contributed by atoms with E-state index in [1.807, 2.05) is 61.3 Å². The SMILES string of the molecule is CCOC(=O)CN(C)C(C)C1(c2ccc(Cl)cc2)OC(Cl)c2cc(Br)ccc21. The number of benzene rings is 2. The van der Waals surface area contributed by atoms with E-state index < -0.39 is 11.2 Å². The molecule has 2 aromatic rings. The average molecular weight is 487 g/mol. The van der Waals surface area contributed by atoms with E-state index in [0.717, 1.165) is 21.2 Å². The predicted molar refractivity (Wildman–Crippen MR) is 115 cm³/mol. The minimum atomic E-state index is -0.853. The van der Waals surface area contributed by atoms with Crippen LogP contribution in [0, 0.1) is 0 Å². The first-order valence-corrected chi connectivity index (χ1v) is 10.6. The van der Waals surface area contributed by atoms with Crippen LogP contribution in [0.1, 0.15) is 36.1 Å². The van der Waals surface area contributed by atoms with Gasteiger partial charge >= 0.3 is 5.97 Å². The lowest BCUT2D eigenvalue weighted by molar-refractivity contribution is -0.146. The van der Waals surface area contributed by atoms with Gasteiger partial charge in [-0.25, -0.2) is 0 Å². The summed E-state index contributed by atoms with van der Waals surface area (Å²) in [5.74, 6) is -0.278. The summed E-state index contributed by atoms with van der Waals surface area (Å²) in [7, 11) is 1.88. The maximum absolute atomic E-state index is 12.1. The highest BCUT2D eigenvalue weighted by Crippen LogP contribution is 2.52. The highest BCUT2D eigenvalue weighted by atomic mass is 79.9. The van der Waals surface area contributed by atoms with E-state index in [4.69, 9.17) is 32.7 Å². The number of alkyl halides is 1. The van der Waals surface area contributed by atoms with Gasteiger partial charge < -0.3 is 9.47 Å². The van der Waals surface area contributed by atoms with Crippen molar-refractivity contribution in [2.24, 2.45) is 0 Å². The zero-order chi connectivity index (χ0) is 20.5. The lowest BCUT2D eigenvalue weighted by Gasteiger charge is -2.41. The number of rotatable bonds is 6. The second-order valence-electron chi connectivity index (χ2n) is 6.80. The van der Waals surface area contributed by atoms with Crippen LogP contribution in [-0.2, 0) is 19.9 Å². The summed E-state index contributed by atoms with van der Waals surface area (Å²) in [4.78, 5) is 14.0. The molecular weight excluding hydrogens is 465 g/mol. The van der Waals surface area contributed by atoms with Gasteiger partial charge in [0.05, 0.1) is 13.2 Å². The Morgan fingerprint density at radius 2 is 2.00 bits per heavy atom. The van der Waals surface area contributed by atoms with Crippen molar-refractivity contribution in [2.45, 2.75) is 31.1 Å². The molecule has 28 heavy (non-hydrogen) atoms. The number of esters is 1. The molecule has 0 aromatic heterocycles. The van der Waals surface area contributed by atoms with E-state index in [-0.39, 0.29) is 18.6 Å². The lowest BCUT2D eigenvalue weighted by Crippen LogP contribution is -2.50. The summed E-state index contributed by atoms with van der Waals surface area (Å²) < 4.78 is 12.5. The van der Waals surface area contributed by atoms with Crippen molar-refractivity contribution in [3.63, 3.8) is 0 Å². The first-order chi connectivity index (χ1) is 13.3. The van der Waals surface area contributed by atoms with Crippen LogP contribution >= 0.6 is 39.1 Å². The first kappa shape index (κ1) is 21.6. The van der Waals surface area contributed by atoms with Crippen molar-refractivity contribution in [2.75, 3.05) is 20.2 Å². The number of ether oxygens (including phenoxy) is 2. The summed E-state index contributed by atoms with van der Waals surface area (Å²) in [6.45, 7) is 4.31. The molecule has 1 aliphatic heterocycles. The molecule has 3 atom stereocenters. The van der Waals surface area contributed by atoms with Gasteiger partial charge in [0.25, 0.3) is 0 Å². The van der Waals surface area contributed by atoms with E-state index in [0.29, 0.717) is 11.6 Å². The van der Waals surface area contributed by atoms with Crippen LogP contribution in [0.25, 0.3) is 0 Å². The molecule has 7 heteroatoms. The van der Waals surface area contributed by atoms with Gasteiger partial charge in [0, 0.05) is 21.1 Å². The Bertz CT molecular complexity index is 861. The summed E-state index contributed by atoms with van der Waals surface area (Å²) in [5.41, 5.74) is 1.34. The van der Waals surface area contributed by atoms with Crippen molar-refractivity contribution in [1.29, 1.82) is 0 Å². The molecule has 3 rings (SSSR count). The molecule has 0 aliphatic carbocycles. The topological polar surface area (TPSA) is 38.8 Å². The van der Waals surface area contributed by atoms with E-state index in [1.54, 1.807) is 6.92 Å². The molecule has 0 saturated heterocycles. The van der Waals surface area contributed by atoms with Crippen molar-refractivity contribution in [1.82, 2.24) is 4.90 Å². The standard InChI is InChI=1S/C21H22BrCl2NO3/c1-4-27-19(26)12-25(3)13(2)21(14-5-8-16(23)9-6-14)18-10-7-15(22)11-17(18)20(24)28-21/h5-11,13,20H,4,12H2,1-3H3. The molecule has 150 valence electrons. The van der Waals surface area contributed by atoms with Crippen LogP contribution in [0.5, 0.6) is 0 Å². The molecule has 0 amide bonds. The summed E-state index contributed by atoms with van der Waals surface area (Å²) in [6, 6.07) is 13.3. The molecule has 0 fully saturated rings. The maximum atomic E-state index is 12.1. The summed E-state index contributed by atoms with van der Waals surface area (Å²) in [5, 5.41) is 0.642. The van der Waals surface area contributed by atoms with Crippen LogP contribution in [0.3, 0.4) is 0 Å². The van der Waals surface area contributed by atoms with Crippen LogP contribution < -0.4 is 0 Å². The largest absolute Gasteiger partial charge is 0.465 e. The number of carbonyl (C=O) groups excluding carboxylic acids is 1. The van der Waals surface area contributed by atoms with E-state index in [2.05, 4.69) is 15.9 Å². The molecule has 0 bridgehead atoms. The van der Waals surface area contributed by atoms with Crippen LogP contribution in [-0.4, -0.2) is 37.1 Å². The second-order valence-corrected chi connectivity index (χ2v) is 8.55. The number of nitrogens with zero attached hydrogens (tertiary/aromatic N) is 1. The maximum Gasteiger partial charge on any atom is 0.320 e. The molecule has 0 radical (unpaired) electrons. The van der Waals surface area contributed by atoms with Gasteiger partial charge in [-0.15, -0.1) is 0 Å². The van der Waals surface area contributed by atoms with Crippen molar-refractivity contribution in [3.05, 3.63) is 68.7 Å². The van der Waals surface area contributed by atoms with Crippen molar-refractivity contribution >= 4 is 45.1 Å². The normalized spacial score (nSPS) is 22.2. The number of hydrogen-bond acceptors (Lipinski definition) is 4. The molecule has 0 N–H and O–H groups in total. The number of fused-ring (bicyclic) bond motifs is 1. The van der Waals surface area contributed by atoms with Gasteiger partial charge in [-0.3, -0.25) is 9.69 Å². The predicted octanol–water partition coefficient (Wildman–Crippen LogP) is 5.50. The van der Waals surface area contributed by atoms with Crippen LogP contribution in [0.2, 0.25) is 5.02 Å². The Balaban J connectivity index is 2.10. The molecule has 4 nitrogen and oxygen atoms in total. The fourth-order valence-corrected chi connectivity index (χ4v) is 4.52. The van der Waals surface area contributed by atoms with Gasteiger partial charge in [0.2, 0.25) is 0 Å². The number of likely N-dealkylation sites (N-methyl/N-ethyl adjacent to an activating group) is 1. The van der Waals surface area contributed by atoms with Gasteiger partial charge in [-0.1, -0.05) is 57.3 Å². The third kappa shape index (κ3) is 3.96. The number of carbonyl (C=O) groups is 1. The average Bonchev–Trinajstić information content (AvgIpc) is 2.94. The van der Waals surface area contributed by atoms with E-state index in [9.17, 15) is 4.79 Å². The van der Waals surface area contributed by atoms with Crippen LogP contribution in [0.15, 0.2) is 46.9 Å². The molecular formula is C21H22BrCl2NO3. The third-order valence-electron chi connectivity index (χ3n) is 5.15. The summed E-state index contributed by atoms with van der Waals surface area (Å²) >= 11 is 16.2. The van der Waals surface area contributed by atoms with Crippen molar-refractivity contribution < 1.29 is 14.3 Å². The third-order valence-corrected chi connectivity index (χ3v) is 6.22.